The van der Waals surface area contributed by atoms with Crippen molar-refractivity contribution in [1.29, 1.82) is 0 Å². The molecule has 0 aliphatic heterocycles. The van der Waals surface area contributed by atoms with Gasteiger partial charge in [-0.25, -0.2) is 13.9 Å². The van der Waals surface area contributed by atoms with Crippen molar-refractivity contribution in [1.82, 2.24) is 25.5 Å². The summed E-state index contributed by atoms with van der Waals surface area (Å²) in [5, 5.41) is 25.0. The summed E-state index contributed by atoms with van der Waals surface area (Å²) in [4.78, 5) is 12.0. The molecular weight excluding hydrogens is 303 g/mol. The third kappa shape index (κ3) is 4.71. The summed E-state index contributed by atoms with van der Waals surface area (Å²) in [6.07, 6.45) is 1.98. The van der Waals surface area contributed by atoms with Crippen LogP contribution in [0.25, 0.3) is 5.69 Å². The van der Waals surface area contributed by atoms with Gasteiger partial charge < -0.3 is 15.7 Å². The molecule has 1 heterocycles. The average molecular weight is 322 g/mol. The summed E-state index contributed by atoms with van der Waals surface area (Å²) < 4.78 is 15.2. The topological polar surface area (TPSA) is 105 Å². The molecule has 2 amide bonds. The van der Waals surface area contributed by atoms with Crippen LogP contribution in [0.2, 0.25) is 0 Å². The Balaban J connectivity index is 2.07. The van der Waals surface area contributed by atoms with E-state index < -0.39 is 11.8 Å². The number of aliphatic hydroxyl groups is 1. The van der Waals surface area contributed by atoms with E-state index in [1.165, 1.54) is 29.2 Å². The van der Waals surface area contributed by atoms with Crippen molar-refractivity contribution in [2.45, 2.75) is 26.3 Å². The summed E-state index contributed by atoms with van der Waals surface area (Å²) in [6.45, 7) is 3.79. The number of urea groups is 1. The fraction of sp³-hybridized carbons (Fsp3) is 0.429. The first kappa shape index (κ1) is 16.8. The number of nitrogens with one attached hydrogen (secondary N) is 2. The molecule has 0 spiro atoms. The van der Waals surface area contributed by atoms with Gasteiger partial charge in [-0.15, -0.1) is 5.10 Å². The van der Waals surface area contributed by atoms with Gasteiger partial charge in [-0.3, -0.25) is 0 Å². The maximum absolute atomic E-state index is 13.8. The lowest BCUT2D eigenvalue weighted by Gasteiger charge is -2.18. The second-order valence-electron chi connectivity index (χ2n) is 5.53. The first-order chi connectivity index (χ1) is 11.0. The Labute approximate surface area is 132 Å². The molecule has 0 saturated carbocycles. The number of rotatable bonds is 6. The van der Waals surface area contributed by atoms with Crippen LogP contribution in [0.4, 0.5) is 14.9 Å². The van der Waals surface area contributed by atoms with Crippen LogP contribution in [-0.4, -0.2) is 44.0 Å². The fourth-order valence-corrected chi connectivity index (χ4v) is 2.12. The number of hydrogen-bond donors (Lipinski definition) is 3. The van der Waals surface area contributed by atoms with Gasteiger partial charge in [-0.1, -0.05) is 13.8 Å². The van der Waals surface area contributed by atoms with Crippen molar-refractivity contribution in [3.63, 3.8) is 0 Å². The van der Waals surface area contributed by atoms with E-state index in [1.54, 1.807) is 0 Å². The smallest absolute Gasteiger partial charge is 0.319 e. The predicted molar refractivity (Wildman–Crippen MR) is 81.6 cm³/mol. The number of anilines is 1. The van der Waals surface area contributed by atoms with Crippen LogP contribution in [0, 0.1) is 11.7 Å². The number of hydrogen-bond acceptors (Lipinski definition) is 5. The summed E-state index contributed by atoms with van der Waals surface area (Å²) >= 11 is 0. The van der Waals surface area contributed by atoms with Gasteiger partial charge in [-0.05, 0) is 41.0 Å². The van der Waals surface area contributed by atoms with E-state index in [-0.39, 0.29) is 18.3 Å². The lowest BCUT2D eigenvalue weighted by Crippen LogP contribution is -2.41. The van der Waals surface area contributed by atoms with E-state index >= 15 is 0 Å². The predicted octanol–water partition coefficient (Wildman–Crippen LogP) is 1.33. The Morgan fingerprint density at radius 1 is 1.43 bits per heavy atom. The number of amides is 2. The minimum atomic E-state index is -0.586. The van der Waals surface area contributed by atoms with Crippen LogP contribution in [0.3, 0.4) is 0 Å². The maximum Gasteiger partial charge on any atom is 0.319 e. The third-order valence-electron chi connectivity index (χ3n) is 3.12. The fourth-order valence-electron chi connectivity index (χ4n) is 2.12. The van der Waals surface area contributed by atoms with E-state index in [0.29, 0.717) is 18.0 Å². The number of tetrazole rings is 1. The van der Waals surface area contributed by atoms with Crippen LogP contribution in [0.5, 0.6) is 0 Å². The van der Waals surface area contributed by atoms with Crippen LogP contribution >= 0.6 is 0 Å². The van der Waals surface area contributed by atoms with E-state index in [2.05, 4.69) is 26.2 Å². The van der Waals surface area contributed by atoms with Crippen molar-refractivity contribution in [3.8, 4) is 5.69 Å². The summed E-state index contributed by atoms with van der Waals surface area (Å²) in [5.41, 5.74) is 0.504. The minimum Gasteiger partial charge on any atom is -0.394 e. The molecule has 0 aliphatic carbocycles. The molecule has 0 radical (unpaired) electrons. The monoisotopic (exact) mass is 322 g/mol. The van der Waals surface area contributed by atoms with E-state index in [4.69, 9.17) is 0 Å². The van der Waals surface area contributed by atoms with Crippen molar-refractivity contribution in [2.75, 3.05) is 11.9 Å². The van der Waals surface area contributed by atoms with Gasteiger partial charge in [0.1, 0.15) is 12.1 Å². The number of benzene rings is 1. The number of carbonyl (C=O) groups is 1. The molecule has 0 saturated heterocycles. The Bertz CT molecular complexity index is 647. The van der Waals surface area contributed by atoms with Gasteiger partial charge in [0.25, 0.3) is 0 Å². The normalized spacial score (nSPS) is 12.2. The molecule has 0 aliphatic rings. The first-order valence-electron chi connectivity index (χ1n) is 7.21. The van der Waals surface area contributed by atoms with Gasteiger partial charge in [0.2, 0.25) is 0 Å². The number of halogens is 1. The largest absolute Gasteiger partial charge is 0.394 e. The first-order valence-corrected chi connectivity index (χ1v) is 7.21. The van der Waals surface area contributed by atoms with Crippen LogP contribution in [0.1, 0.15) is 20.3 Å². The van der Waals surface area contributed by atoms with Gasteiger partial charge in [0, 0.05) is 0 Å². The molecule has 124 valence electrons. The number of aromatic nitrogens is 4. The standard InChI is InChI=1S/C14H19FN6O2/c1-9(2)5-10(7-22)17-14(23)18-13-6-11(3-4-12(13)15)21-8-16-19-20-21/h3-4,6,8-10,22H,5,7H2,1-2H3,(H2,17,18,23)/t10-/m0/s1. The summed E-state index contributed by atoms with van der Waals surface area (Å²) in [7, 11) is 0. The van der Waals surface area contributed by atoms with E-state index in [1.807, 2.05) is 13.8 Å². The highest BCUT2D eigenvalue weighted by molar-refractivity contribution is 5.89. The zero-order valence-corrected chi connectivity index (χ0v) is 12.9. The summed E-state index contributed by atoms with van der Waals surface area (Å²) in [5.74, 6) is -0.270. The zero-order valence-electron chi connectivity index (χ0n) is 12.9. The van der Waals surface area contributed by atoms with Crippen molar-refractivity contribution < 1.29 is 14.3 Å². The Kier molecular flexibility index (Phi) is 5.58. The molecule has 2 aromatic rings. The highest BCUT2D eigenvalue weighted by Gasteiger charge is 2.15. The lowest BCUT2D eigenvalue weighted by atomic mass is 10.0. The second kappa shape index (κ2) is 7.63. The van der Waals surface area contributed by atoms with Crippen molar-refractivity contribution in [3.05, 3.63) is 30.3 Å². The second-order valence-corrected chi connectivity index (χ2v) is 5.53. The molecule has 1 aromatic heterocycles. The molecule has 2 rings (SSSR count). The minimum absolute atomic E-state index is 0.00302. The number of nitrogens with zero attached hydrogens (tertiary/aromatic N) is 4. The molecule has 23 heavy (non-hydrogen) atoms. The third-order valence-corrected chi connectivity index (χ3v) is 3.12. The van der Waals surface area contributed by atoms with Crippen molar-refractivity contribution in [2.24, 2.45) is 5.92 Å². The quantitative estimate of drug-likeness (QED) is 0.744. The van der Waals surface area contributed by atoms with Gasteiger partial charge >= 0.3 is 6.03 Å². The van der Waals surface area contributed by atoms with Crippen molar-refractivity contribution >= 4 is 11.7 Å². The molecule has 1 atom stereocenters. The molecule has 3 N–H and O–H groups in total. The highest BCUT2D eigenvalue weighted by atomic mass is 19.1. The molecule has 0 unspecified atom stereocenters. The molecule has 8 nitrogen and oxygen atoms in total. The van der Waals surface area contributed by atoms with Gasteiger partial charge in [0.15, 0.2) is 0 Å². The average Bonchev–Trinajstić information content (AvgIpc) is 3.02. The maximum atomic E-state index is 13.8. The Hall–Kier alpha value is -2.55. The molecule has 1 aromatic carbocycles. The van der Waals surface area contributed by atoms with E-state index in [9.17, 15) is 14.3 Å². The summed E-state index contributed by atoms with van der Waals surface area (Å²) in [6, 6.07) is 3.15. The van der Waals surface area contributed by atoms with Gasteiger partial charge in [-0.2, -0.15) is 0 Å². The SMILES string of the molecule is CC(C)C[C@@H](CO)NC(=O)Nc1cc(-n2cnnn2)ccc1F. The van der Waals surface area contributed by atoms with Crippen LogP contribution in [0.15, 0.2) is 24.5 Å². The Morgan fingerprint density at radius 3 is 2.83 bits per heavy atom. The Morgan fingerprint density at radius 2 is 2.22 bits per heavy atom. The lowest BCUT2D eigenvalue weighted by molar-refractivity contribution is 0.214. The van der Waals surface area contributed by atoms with Crippen LogP contribution < -0.4 is 10.6 Å². The molecule has 9 heteroatoms. The number of carbonyl (C=O) groups excluding carboxylic acids is 1. The highest BCUT2D eigenvalue weighted by Crippen LogP contribution is 2.18. The molecular formula is C14H19FN6O2. The molecule has 0 bridgehead atoms. The van der Waals surface area contributed by atoms with Crippen LogP contribution in [-0.2, 0) is 0 Å². The number of aliphatic hydroxyl groups excluding tert-OH is 1. The molecule has 0 fully saturated rings. The van der Waals surface area contributed by atoms with E-state index in [0.717, 1.165) is 0 Å². The zero-order chi connectivity index (χ0) is 16.8. The van der Waals surface area contributed by atoms with Gasteiger partial charge in [0.05, 0.1) is 24.0 Å².